The van der Waals surface area contributed by atoms with Gasteiger partial charge in [-0.05, 0) is 73.4 Å². The number of anilines is 2. The van der Waals surface area contributed by atoms with Crippen LogP contribution in [0.1, 0.15) is 30.3 Å². The molecule has 170 valence electrons. The molecule has 1 fully saturated rings. The highest BCUT2D eigenvalue weighted by Crippen LogP contribution is 2.31. The lowest BCUT2D eigenvalue weighted by molar-refractivity contribution is -0.384. The van der Waals surface area contributed by atoms with Crippen molar-refractivity contribution in [1.29, 1.82) is 0 Å². The quantitative estimate of drug-likeness (QED) is 0.303. The number of piperidine rings is 1. The van der Waals surface area contributed by atoms with Crippen molar-refractivity contribution in [1.82, 2.24) is 5.32 Å². The lowest BCUT2D eigenvalue weighted by atomic mass is 9.99. The smallest absolute Gasteiger partial charge is 0.293 e. The van der Waals surface area contributed by atoms with Crippen LogP contribution in [-0.2, 0) is 0 Å². The summed E-state index contributed by atoms with van der Waals surface area (Å²) in [6, 6.07) is 17.1. The predicted molar refractivity (Wildman–Crippen MR) is 132 cm³/mol. The molecule has 1 aromatic heterocycles. The van der Waals surface area contributed by atoms with Crippen molar-refractivity contribution in [2.75, 3.05) is 23.3 Å². The lowest BCUT2D eigenvalue weighted by Crippen LogP contribution is -2.34. The molecular weight excluding hydrogens is 440 g/mol. The summed E-state index contributed by atoms with van der Waals surface area (Å²) in [4.78, 5) is 25.6. The number of carbonyl (C=O) groups excluding carboxylic acids is 1. The van der Waals surface area contributed by atoms with E-state index in [1.165, 1.54) is 36.7 Å². The van der Waals surface area contributed by atoms with Gasteiger partial charge in [0.2, 0.25) is 0 Å². The molecule has 33 heavy (non-hydrogen) atoms. The Balaban J connectivity index is 1.36. The molecule has 8 nitrogen and oxygen atoms in total. The molecule has 0 aliphatic carbocycles. The standard InChI is InChI=1S/C24H24N4O4S/c1-16-12-14-27(15-13-16)18-8-6-17(7-9-18)25-24(33)26-23(29)22-11-10-21(32-22)19-4-2-3-5-20(19)28(30)31/h2-11,16H,12-15H2,1H3,(H2,25,26,29,33). The van der Waals surface area contributed by atoms with Gasteiger partial charge in [0.25, 0.3) is 11.6 Å². The number of rotatable bonds is 5. The Kier molecular flexibility index (Phi) is 6.69. The van der Waals surface area contributed by atoms with Gasteiger partial charge in [0, 0.05) is 30.5 Å². The topological polar surface area (TPSA) is 101 Å². The normalized spacial score (nSPS) is 14.0. The first kappa shape index (κ1) is 22.5. The number of thiocarbonyl (C=S) groups is 1. The van der Waals surface area contributed by atoms with Gasteiger partial charge in [-0.3, -0.25) is 20.2 Å². The molecule has 4 rings (SSSR count). The maximum Gasteiger partial charge on any atom is 0.293 e. The molecule has 0 saturated carbocycles. The largest absolute Gasteiger partial charge is 0.451 e. The Morgan fingerprint density at radius 1 is 1.09 bits per heavy atom. The number of carbonyl (C=O) groups is 1. The van der Waals surface area contributed by atoms with Crippen molar-refractivity contribution >= 4 is 40.3 Å². The summed E-state index contributed by atoms with van der Waals surface area (Å²) in [6.45, 7) is 4.40. The number of nitro groups is 1. The van der Waals surface area contributed by atoms with Crippen LogP contribution in [0, 0.1) is 16.0 Å². The molecule has 1 aliphatic rings. The maximum atomic E-state index is 12.5. The Morgan fingerprint density at radius 3 is 2.48 bits per heavy atom. The summed E-state index contributed by atoms with van der Waals surface area (Å²) in [6.07, 6.45) is 2.39. The summed E-state index contributed by atoms with van der Waals surface area (Å²) in [5, 5.41) is 16.9. The minimum atomic E-state index is -0.545. The predicted octanol–water partition coefficient (Wildman–Crippen LogP) is 5.22. The molecule has 0 atom stereocenters. The van der Waals surface area contributed by atoms with Crippen LogP contribution < -0.4 is 15.5 Å². The molecule has 9 heteroatoms. The molecule has 0 bridgehead atoms. The van der Waals surface area contributed by atoms with Crippen LogP contribution in [0.5, 0.6) is 0 Å². The van der Waals surface area contributed by atoms with Gasteiger partial charge in [0.15, 0.2) is 10.9 Å². The van der Waals surface area contributed by atoms with Gasteiger partial charge in [-0.25, -0.2) is 0 Å². The Labute approximate surface area is 196 Å². The molecule has 0 radical (unpaired) electrons. The number of furan rings is 1. The van der Waals surface area contributed by atoms with E-state index in [1.807, 2.05) is 24.3 Å². The van der Waals surface area contributed by atoms with Crippen molar-refractivity contribution in [3.05, 3.63) is 76.5 Å². The Hall–Kier alpha value is -3.72. The highest BCUT2D eigenvalue weighted by atomic mass is 32.1. The van der Waals surface area contributed by atoms with E-state index >= 15 is 0 Å². The second kappa shape index (κ2) is 9.83. The summed E-state index contributed by atoms with van der Waals surface area (Å²) in [7, 11) is 0. The number of benzene rings is 2. The second-order valence-electron chi connectivity index (χ2n) is 8.06. The number of para-hydroxylation sites is 1. The first-order valence-electron chi connectivity index (χ1n) is 10.7. The van der Waals surface area contributed by atoms with E-state index < -0.39 is 10.8 Å². The van der Waals surface area contributed by atoms with E-state index in [-0.39, 0.29) is 22.3 Å². The van der Waals surface area contributed by atoms with Crippen molar-refractivity contribution in [2.45, 2.75) is 19.8 Å². The molecule has 1 amide bonds. The number of hydrogen-bond donors (Lipinski definition) is 2. The lowest BCUT2D eigenvalue weighted by Gasteiger charge is -2.32. The van der Waals surface area contributed by atoms with E-state index in [1.54, 1.807) is 18.2 Å². The SMILES string of the molecule is CC1CCN(c2ccc(NC(=S)NC(=O)c3ccc(-c4ccccc4[N+](=O)[O-])o3)cc2)CC1. The minimum absolute atomic E-state index is 0.00183. The minimum Gasteiger partial charge on any atom is -0.451 e. The van der Waals surface area contributed by atoms with Crippen LogP contribution in [0.15, 0.2) is 65.1 Å². The van der Waals surface area contributed by atoms with Crippen LogP contribution in [0.4, 0.5) is 17.1 Å². The molecule has 1 saturated heterocycles. The highest BCUT2D eigenvalue weighted by Gasteiger charge is 2.20. The van der Waals surface area contributed by atoms with E-state index in [0.29, 0.717) is 5.56 Å². The number of hydrogen-bond acceptors (Lipinski definition) is 6. The van der Waals surface area contributed by atoms with Gasteiger partial charge in [0.1, 0.15) is 5.76 Å². The van der Waals surface area contributed by atoms with Crippen LogP contribution >= 0.6 is 12.2 Å². The molecule has 2 aromatic carbocycles. The zero-order valence-electron chi connectivity index (χ0n) is 18.1. The van der Waals surface area contributed by atoms with Gasteiger partial charge < -0.3 is 14.6 Å². The number of nitrogens with zero attached hydrogens (tertiary/aromatic N) is 2. The van der Waals surface area contributed by atoms with Gasteiger partial charge in [0.05, 0.1) is 10.5 Å². The summed E-state index contributed by atoms with van der Waals surface area (Å²) < 4.78 is 5.55. The molecule has 2 heterocycles. The van der Waals surface area contributed by atoms with Crippen molar-refractivity contribution in [2.24, 2.45) is 5.92 Å². The van der Waals surface area contributed by atoms with Gasteiger partial charge in [-0.1, -0.05) is 19.1 Å². The van der Waals surface area contributed by atoms with E-state index in [0.717, 1.165) is 24.7 Å². The second-order valence-corrected chi connectivity index (χ2v) is 8.47. The third kappa shape index (κ3) is 5.38. The third-order valence-corrected chi connectivity index (χ3v) is 5.90. The van der Waals surface area contributed by atoms with Crippen LogP contribution in [0.25, 0.3) is 11.3 Å². The molecule has 1 aliphatic heterocycles. The zero-order chi connectivity index (χ0) is 23.4. The monoisotopic (exact) mass is 464 g/mol. The fourth-order valence-electron chi connectivity index (χ4n) is 3.80. The first-order valence-corrected chi connectivity index (χ1v) is 11.1. The fraction of sp³-hybridized carbons (Fsp3) is 0.250. The van der Waals surface area contributed by atoms with Gasteiger partial charge in [-0.2, -0.15) is 0 Å². The molecular formula is C24H24N4O4S. The third-order valence-electron chi connectivity index (χ3n) is 5.70. The van der Waals surface area contributed by atoms with Gasteiger partial charge >= 0.3 is 0 Å². The number of nitrogens with one attached hydrogen (secondary N) is 2. The maximum absolute atomic E-state index is 12.5. The van der Waals surface area contributed by atoms with Crippen LogP contribution in [0.2, 0.25) is 0 Å². The molecule has 0 unspecified atom stereocenters. The van der Waals surface area contributed by atoms with Crippen molar-refractivity contribution in [3.8, 4) is 11.3 Å². The van der Waals surface area contributed by atoms with Crippen LogP contribution in [0.3, 0.4) is 0 Å². The summed E-state index contributed by atoms with van der Waals surface area (Å²) >= 11 is 5.25. The van der Waals surface area contributed by atoms with E-state index in [4.69, 9.17) is 16.6 Å². The average Bonchev–Trinajstić information content (AvgIpc) is 3.30. The van der Waals surface area contributed by atoms with E-state index in [9.17, 15) is 14.9 Å². The zero-order valence-corrected chi connectivity index (χ0v) is 18.9. The van der Waals surface area contributed by atoms with Crippen molar-refractivity contribution < 1.29 is 14.1 Å². The van der Waals surface area contributed by atoms with Crippen LogP contribution in [-0.4, -0.2) is 29.0 Å². The number of nitro benzene ring substituents is 1. The fourth-order valence-corrected chi connectivity index (χ4v) is 4.01. The molecule has 0 spiro atoms. The molecule has 2 N–H and O–H groups in total. The van der Waals surface area contributed by atoms with Gasteiger partial charge in [-0.15, -0.1) is 0 Å². The Bertz CT molecular complexity index is 1170. The Morgan fingerprint density at radius 2 is 1.79 bits per heavy atom. The summed E-state index contributed by atoms with van der Waals surface area (Å²) in [5.41, 5.74) is 2.12. The average molecular weight is 465 g/mol. The van der Waals surface area contributed by atoms with Crippen molar-refractivity contribution in [3.63, 3.8) is 0 Å². The first-order chi connectivity index (χ1) is 15.9. The van der Waals surface area contributed by atoms with E-state index in [2.05, 4.69) is 22.5 Å². The summed E-state index contributed by atoms with van der Waals surface area (Å²) in [5.74, 6) is 0.462. The highest BCUT2D eigenvalue weighted by molar-refractivity contribution is 7.80. The number of amides is 1. The molecule has 3 aromatic rings.